The predicted molar refractivity (Wildman–Crippen MR) is 72.4 cm³/mol. The monoisotopic (exact) mass is 244 g/mol. The molecule has 1 heterocycles. The minimum absolute atomic E-state index is 0.354. The Morgan fingerprint density at radius 3 is 2.89 bits per heavy atom. The number of aromatic amines is 1. The molecule has 0 amide bonds. The Kier molecular flexibility index (Phi) is 4.10. The minimum atomic E-state index is 0.354. The van der Waals surface area contributed by atoms with Crippen LogP contribution in [-0.2, 0) is 6.42 Å². The van der Waals surface area contributed by atoms with Crippen LogP contribution in [0.5, 0.6) is 0 Å². The number of nitrogens with zero attached hydrogens (tertiary/aromatic N) is 2. The van der Waals surface area contributed by atoms with E-state index in [-0.39, 0.29) is 0 Å². The first-order valence-corrected chi connectivity index (χ1v) is 6.31. The van der Waals surface area contributed by atoms with Gasteiger partial charge < -0.3 is 5.32 Å². The van der Waals surface area contributed by atoms with E-state index in [9.17, 15) is 0 Å². The summed E-state index contributed by atoms with van der Waals surface area (Å²) in [6.45, 7) is 7.37. The summed E-state index contributed by atoms with van der Waals surface area (Å²) >= 11 is 0. The van der Waals surface area contributed by atoms with Crippen molar-refractivity contribution in [1.29, 1.82) is 0 Å². The highest BCUT2D eigenvalue weighted by Gasteiger charge is 2.08. The second-order valence-corrected chi connectivity index (χ2v) is 4.72. The second kappa shape index (κ2) is 5.78. The van der Waals surface area contributed by atoms with E-state index in [4.69, 9.17) is 0 Å². The SMILES string of the molecule is Cc1ccc(C)c(C(C)NCCc2ncn[nH]2)c1. The maximum Gasteiger partial charge on any atom is 0.137 e. The van der Waals surface area contributed by atoms with Gasteiger partial charge in [0.25, 0.3) is 0 Å². The van der Waals surface area contributed by atoms with Crippen molar-refractivity contribution in [3.8, 4) is 0 Å². The van der Waals surface area contributed by atoms with Crippen LogP contribution in [0.1, 0.15) is 35.5 Å². The van der Waals surface area contributed by atoms with Gasteiger partial charge in [0, 0.05) is 19.0 Å². The number of hydrogen-bond acceptors (Lipinski definition) is 3. The Balaban J connectivity index is 1.91. The lowest BCUT2D eigenvalue weighted by atomic mass is 10.00. The normalized spacial score (nSPS) is 12.6. The standard InChI is InChI=1S/C14H20N4/c1-10-4-5-11(2)13(8-10)12(3)15-7-6-14-16-9-17-18-14/h4-5,8-9,12,15H,6-7H2,1-3H3,(H,16,17,18). The molecule has 1 aromatic heterocycles. The number of hydrogen-bond donors (Lipinski definition) is 2. The summed E-state index contributed by atoms with van der Waals surface area (Å²) in [6, 6.07) is 6.94. The number of nitrogens with one attached hydrogen (secondary N) is 2. The fourth-order valence-corrected chi connectivity index (χ4v) is 2.09. The first-order chi connectivity index (χ1) is 8.66. The van der Waals surface area contributed by atoms with Crippen LogP contribution in [0, 0.1) is 13.8 Å². The van der Waals surface area contributed by atoms with Crippen molar-refractivity contribution < 1.29 is 0 Å². The van der Waals surface area contributed by atoms with Gasteiger partial charge in [-0.1, -0.05) is 23.8 Å². The van der Waals surface area contributed by atoms with Crippen molar-refractivity contribution in [3.63, 3.8) is 0 Å². The van der Waals surface area contributed by atoms with Gasteiger partial charge in [-0.3, -0.25) is 5.10 Å². The topological polar surface area (TPSA) is 53.6 Å². The summed E-state index contributed by atoms with van der Waals surface area (Å²) in [5, 5.41) is 10.2. The molecule has 0 radical (unpaired) electrons. The zero-order valence-corrected chi connectivity index (χ0v) is 11.2. The number of aryl methyl sites for hydroxylation is 2. The average molecular weight is 244 g/mol. The zero-order chi connectivity index (χ0) is 13.0. The Bertz CT molecular complexity index is 491. The molecule has 4 heteroatoms. The number of benzene rings is 1. The van der Waals surface area contributed by atoms with E-state index in [0.717, 1.165) is 18.8 Å². The van der Waals surface area contributed by atoms with Gasteiger partial charge in [-0.2, -0.15) is 5.10 Å². The maximum absolute atomic E-state index is 4.11. The van der Waals surface area contributed by atoms with Gasteiger partial charge in [0.15, 0.2) is 0 Å². The largest absolute Gasteiger partial charge is 0.310 e. The van der Waals surface area contributed by atoms with Gasteiger partial charge in [-0.05, 0) is 31.9 Å². The fourth-order valence-electron chi connectivity index (χ4n) is 2.09. The summed E-state index contributed by atoms with van der Waals surface area (Å²) in [4.78, 5) is 4.11. The molecule has 1 unspecified atom stereocenters. The fraction of sp³-hybridized carbons (Fsp3) is 0.429. The third-order valence-corrected chi connectivity index (χ3v) is 3.18. The molecule has 1 atom stereocenters. The molecule has 2 aromatic rings. The van der Waals surface area contributed by atoms with Gasteiger partial charge >= 0.3 is 0 Å². The van der Waals surface area contributed by atoms with Crippen LogP contribution in [0.15, 0.2) is 24.5 Å². The molecule has 0 aliphatic carbocycles. The highest BCUT2D eigenvalue weighted by molar-refractivity contribution is 5.32. The summed E-state index contributed by atoms with van der Waals surface area (Å²) in [5.41, 5.74) is 4.01. The van der Waals surface area contributed by atoms with Gasteiger partial charge in [0.2, 0.25) is 0 Å². The molecular weight excluding hydrogens is 224 g/mol. The molecule has 1 aromatic carbocycles. The van der Waals surface area contributed by atoms with Crippen LogP contribution in [0.3, 0.4) is 0 Å². The highest BCUT2D eigenvalue weighted by Crippen LogP contribution is 2.18. The molecule has 0 saturated heterocycles. The second-order valence-electron chi connectivity index (χ2n) is 4.72. The molecule has 18 heavy (non-hydrogen) atoms. The molecule has 2 N–H and O–H groups in total. The van der Waals surface area contributed by atoms with E-state index in [0.29, 0.717) is 6.04 Å². The molecule has 0 saturated carbocycles. The van der Waals surface area contributed by atoms with Gasteiger partial charge in [0.05, 0.1) is 0 Å². The summed E-state index contributed by atoms with van der Waals surface area (Å²) in [6.07, 6.45) is 2.42. The van der Waals surface area contributed by atoms with E-state index in [1.165, 1.54) is 16.7 Å². The van der Waals surface area contributed by atoms with Crippen LogP contribution in [0.25, 0.3) is 0 Å². The first-order valence-electron chi connectivity index (χ1n) is 6.31. The summed E-state index contributed by atoms with van der Waals surface area (Å²) in [5.74, 6) is 0.927. The van der Waals surface area contributed by atoms with E-state index in [2.05, 4.69) is 59.5 Å². The van der Waals surface area contributed by atoms with E-state index in [1.54, 1.807) is 6.33 Å². The van der Waals surface area contributed by atoms with Crippen molar-refractivity contribution >= 4 is 0 Å². The lowest BCUT2D eigenvalue weighted by Crippen LogP contribution is -2.22. The van der Waals surface area contributed by atoms with Crippen molar-refractivity contribution in [2.45, 2.75) is 33.2 Å². The van der Waals surface area contributed by atoms with Gasteiger partial charge in [-0.25, -0.2) is 4.98 Å². The number of aromatic nitrogens is 3. The van der Waals surface area contributed by atoms with Crippen molar-refractivity contribution in [3.05, 3.63) is 47.0 Å². The molecule has 2 rings (SSSR count). The molecular formula is C14H20N4. The van der Waals surface area contributed by atoms with Crippen molar-refractivity contribution in [2.75, 3.05) is 6.54 Å². The molecule has 0 fully saturated rings. The quantitative estimate of drug-likeness (QED) is 0.848. The van der Waals surface area contributed by atoms with Crippen LogP contribution in [0.4, 0.5) is 0 Å². The van der Waals surface area contributed by atoms with E-state index < -0.39 is 0 Å². The molecule has 0 aliphatic rings. The van der Waals surface area contributed by atoms with Crippen LogP contribution >= 0.6 is 0 Å². The molecule has 4 nitrogen and oxygen atoms in total. The van der Waals surface area contributed by atoms with Crippen LogP contribution in [-0.4, -0.2) is 21.7 Å². The Morgan fingerprint density at radius 1 is 1.33 bits per heavy atom. The lowest BCUT2D eigenvalue weighted by molar-refractivity contribution is 0.568. The van der Waals surface area contributed by atoms with Gasteiger partial charge in [-0.15, -0.1) is 0 Å². The molecule has 96 valence electrons. The smallest absolute Gasteiger partial charge is 0.137 e. The Labute approximate surface area is 108 Å². The Hall–Kier alpha value is -1.68. The average Bonchev–Trinajstić information content (AvgIpc) is 2.85. The van der Waals surface area contributed by atoms with E-state index >= 15 is 0 Å². The summed E-state index contributed by atoms with van der Waals surface area (Å²) < 4.78 is 0. The first kappa shape index (κ1) is 12.8. The maximum atomic E-state index is 4.11. The number of H-pyrrole nitrogens is 1. The molecule has 0 bridgehead atoms. The van der Waals surface area contributed by atoms with Crippen molar-refractivity contribution in [1.82, 2.24) is 20.5 Å². The Morgan fingerprint density at radius 2 is 2.17 bits per heavy atom. The van der Waals surface area contributed by atoms with Crippen LogP contribution in [0.2, 0.25) is 0 Å². The molecule has 0 aliphatic heterocycles. The van der Waals surface area contributed by atoms with Gasteiger partial charge in [0.1, 0.15) is 12.2 Å². The lowest BCUT2D eigenvalue weighted by Gasteiger charge is -2.17. The number of rotatable bonds is 5. The third-order valence-electron chi connectivity index (χ3n) is 3.18. The van der Waals surface area contributed by atoms with Crippen molar-refractivity contribution in [2.24, 2.45) is 0 Å². The van der Waals surface area contributed by atoms with Crippen LogP contribution < -0.4 is 5.32 Å². The van der Waals surface area contributed by atoms with E-state index in [1.807, 2.05) is 0 Å². The third kappa shape index (κ3) is 3.17. The molecule has 0 spiro atoms. The predicted octanol–water partition coefficient (Wildman–Crippen LogP) is 2.31. The summed E-state index contributed by atoms with van der Waals surface area (Å²) in [7, 11) is 0. The minimum Gasteiger partial charge on any atom is -0.310 e. The zero-order valence-electron chi connectivity index (χ0n) is 11.2. The highest BCUT2D eigenvalue weighted by atomic mass is 15.2.